The second kappa shape index (κ2) is 9.93. The minimum absolute atomic E-state index is 0.0714. The third-order valence-corrected chi connectivity index (χ3v) is 5.36. The molecule has 0 heterocycles. The molecule has 0 spiro atoms. The van der Waals surface area contributed by atoms with Crippen molar-refractivity contribution < 1.29 is 19.1 Å². The molecule has 1 N–H and O–H groups in total. The van der Waals surface area contributed by atoms with Crippen LogP contribution in [0.3, 0.4) is 0 Å². The van der Waals surface area contributed by atoms with Gasteiger partial charge in [0, 0.05) is 22.3 Å². The summed E-state index contributed by atoms with van der Waals surface area (Å²) in [6, 6.07) is 0. The number of carbonyl (C=O) groups excluding carboxylic acids is 2. The Hall–Kier alpha value is -1.81. The summed E-state index contributed by atoms with van der Waals surface area (Å²) < 4.78 is 12.7. The quantitative estimate of drug-likeness (QED) is 0.415. The molecule has 1 aliphatic rings. The number of Topliss-reactive ketones (excluding diaryl/α,β-unsaturated/α-hetero) is 2. The topological polar surface area (TPSA) is 54.4 Å². The van der Waals surface area contributed by atoms with E-state index in [1.807, 2.05) is 6.92 Å². The van der Waals surface area contributed by atoms with Gasteiger partial charge in [-0.15, -0.1) is 0 Å². The molecule has 3 nitrogen and oxygen atoms in total. The molecule has 0 aromatic heterocycles. The molecule has 0 aromatic carbocycles. The third-order valence-electron chi connectivity index (χ3n) is 5.36. The molecule has 0 fully saturated rings. The molecule has 0 saturated heterocycles. The first-order chi connectivity index (χ1) is 12.5. The lowest BCUT2D eigenvalue weighted by atomic mass is 9.82. The maximum absolute atomic E-state index is 12.7. The van der Waals surface area contributed by atoms with Gasteiger partial charge in [-0.05, 0) is 80.1 Å². The highest BCUT2D eigenvalue weighted by molar-refractivity contribution is 6.24. The predicted octanol–water partition coefficient (Wildman–Crippen LogP) is 5.70. The highest BCUT2D eigenvalue weighted by Gasteiger charge is 2.29. The zero-order valence-corrected chi connectivity index (χ0v) is 17.5. The molecule has 0 unspecified atom stereocenters. The first-order valence-corrected chi connectivity index (χ1v) is 9.63. The Morgan fingerprint density at radius 3 is 2.15 bits per heavy atom. The van der Waals surface area contributed by atoms with E-state index in [0.717, 1.165) is 12.8 Å². The van der Waals surface area contributed by atoms with Gasteiger partial charge in [0.05, 0.1) is 11.4 Å². The fourth-order valence-corrected chi connectivity index (χ4v) is 3.21. The maximum atomic E-state index is 12.7. The van der Waals surface area contributed by atoms with Gasteiger partial charge in [0.25, 0.3) is 0 Å². The van der Waals surface area contributed by atoms with Crippen LogP contribution in [0, 0.1) is 0 Å². The normalized spacial score (nSPS) is 19.1. The standard InChI is InChI=1S/C23H33FO3/c1-15(9-7-11-16(2)24)10-8-13-23(6,27)14-12-20-19(5)21(25)17(3)18(4)22(20)26/h10-11,27H,7-9,12-14H2,1-6H3/b15-10+,16-11-/t23-/m1/s1. The van der Waals surface area contributed by atoms with Crippen LogP contribution in [0.15, 0.2) is 45.8 Å². The summed E-state index contributed by atoms with van der Waals surface area (Å²) in [6.07, 6.45) is 7.26. The second-order valence-corrected chi connectivity index (χ2v) is 7.93. The predicted molar refractivity (Wildman–Crippen MR) is 108 cm³/mol. The van der Waals surface area contributed by atoms with Crippen LogP contribution in [0.25, 0.3) is 0 Å². The van der Waals surface area contributed by atoms with Crippen molar-refractivity contribution in [3.63, 3.8) is 0 Å². The van der Waals surface area contributed by atoms with Crippen molar-refractivity contribution in [1.82, 2.24) is 0 Å². The molecule has 1 atom stereocenters. The molecule has 0 amide bonds. The Bertz CT molecular complexity index is 714. The number of ketones is 2. The number of carbonyl (C=O) groups is 2. The molecule has 1 aliphatic carbocycles. The molecule has 0 saturated carbocycles. The fourth-order valence-electron chi connectivity index (χ4n) is 3.21. The molecular weight excluding hydrogens is 343 g/mol. The molecule has 0 aliphatic heterocycles. The smallest absolute Gasteiger partial charge is 0.185 e. The Morgan fingerprint density at radius 2 is 1.56 bits per heavy atom. The number of halogens is 1. The number of allylic oxidation sites excluding steroid dienone is 8. The summed E-state index contributed by atoms with van der Waals surface area (Å²) in [5.41, 5.74) is 2.33. The van der Waals surface area contributed by atoms with E-state index in [1.54, 1.807) is 33.8 Å². The Kier molecular flexibility index (Phi) is 8.55. The van der Waals surface area contributed by atoms with Gasteiger partial charge < -0.3 is 5.11 Å². The summed E-state index contributed by atoms with van der Waals surface area (Å²) >= 11 is 0. The van der Waals surface area contributed by atoms with E-state index in [4.69, 9.17) is 0 Å². The van der Waals surface area contributed by atoms with Crippen LogP contribution >= 0.6 is 0 Å². The van der Waals surface area contributed by atoms with Crippen LogP contribution in [0.4, 0.5) is 4.39 Å². The van der Waals surface area contributed by atoms with Gasteiger partial charge in [-0.25, -0.2) is 4.39 Å². The van der Waals surface area contributed by atoms with Gasteiger partial charge in [0.2, 0.25) is 0 Å². The van der Waals surface area contributed by atoms with E-state index in [2.05, 4.69) is 6.08 Å². The van der Waals surface area contributed by atoms with E-state index in [9.17, 15) is 19.1 Å². The van der Waals surface area contributed by atoms with Crippen molar-refractivity contribution >= 4 is 11.6 Å². The summed E-state index contributed by atoms with van der Waals surface area (Å²) in [5.74, 6) is -0.309. The van der Waals surface area contributed by atoms with Crippen molar-refractivity contribution in [2.75, 3.05) is 0 Å². The maximum Gasteiger partial charge on any atom is 0.185 e. The number of aliphatic hydroxyl groups is 1. The number of hydrogen-bond donors (Lipinski definition) is 1. The molecule has 0 aromatic rings. The third kappa shape index (κ3) is 7.02. The molecule has 4 heteroatoms. The second-order valence-electron chi connectivity index (χ2n) is 7.93. The van der Waals surface area contributed by atoms with Crippen molar-refractivity contribution in [1.29, 1.82) is 0 Å². The lowest BCUT2D eigenvalue weighted by Gasteiger charge is -2.25. The van der Waals surface area contributed by atoms with Crippen LogP contribution in [0.2, 0.25) is 0 Å². The Labute approximate surface area is 162 Å². The average Bonchev–Trinajstić information content (AvgIpc) is 2.57. The van der Waals surface area contributed by atoms with Crippen LogP contribution in [-0.2, 0) is 9.59 Å². The first-order valence-electron chi connectivity index (χ1n) is 9.63. The van der Waals surface area contributed by atoms with Gasteiger partial charge in [-0.1, -0.05) is 17.7 Å². The van der Waals surface area contributed by atoms with E-state index in [0.29, 0.717) is 48.0 Å². The zero-order valence-electron chi connectivity index (χ0n) is 17.5. The number of rotatable bonds is 9. The molecule has 27 heavy (non-hydrogen) atoms. The molecule has 0 radical (unpaired) electrons. The lowest BCUT2D eigenvalue weighted by molar-refractivity contribution is -0.116. The lowest BCUT2D eigenvalue weighted by Crippen LogP contribution is -2.26. The van der Waals surface area contributed by atoms with Gasteiger partial charge in [0.1, 0.15) is 0 Å². The van der Waals surface area contributed by atoms with Gasteiger partial charge in [-0.2, -0.15) is 0 Å². The summed E-state index contributed by atoms with van der Waals surface area (Å²) in [5, 5.41) is 10.6. The Morgan fingerprint density at radius 1 is 0.963 bits per heavy atom. The van der Waals surface area contributed by atoms with Gasteiger partial charge in [0.15, 0.2) is 11.6 Å². The van der Waals surface area contributed by atoms with E-state index >= 15 is 0 Å². The van der Waals surface area contributed by atoms with Gasteiger partial charge >= 0.3 is 0 Å². The SMILES string of the molecule is CC1=C(C)C(=O)C(CC[C@](C)(O)CC/C=C(\C)CC/C=C(/C)F)=C(C)C1=O. The highest BCUT2D eigenvalue weighted by Crippen LogP contribution is 2.30. The largest absolute Gasteiger partial charge is 0.390 e. The molecule has 1 rings (SSSR count). The molecular formula is C23H33FO3. The van der Waals surface area contributed by atoms with Crippen LogP contribution in [-0.4, -0.2) is 22.3 Å². The van der Waals surface area contributed by atoms with E-state index in [1.165, 1.54) is 12.5 Å². The summed E-state index contributed by atoms with van der Waals surface area (Å²) in [7, 11) is 0. The van der Waals surface area contributed by atoms with Crippen LogP contribution in [0.1, 0.15) is 80.1 Å². The van der Waals surface area contributed by atoms with Crippen molar-refractivity contribution in [2.24, 2.45) is 0 Å². The number of hydrogen-bond acceptors (Lipinski definition) is 3. The van der Waals surface area contributed by atoms with E-state index < -0.39 is 5.60 Å². The first kappa shape index (κ1) is 23.2. The van der Waals surface area contributed by atoms with E-state index in [-0.39, 0.29) is 17.4 Å². The minimum atomic E-state index is -0.910. The van der Waals surface area contributed by atoms with Crippen molar-refractivity contribution in [2.45, 2.75) is 85.7 Å². The minimum Gasteiger partial charge on any atom is -0.390 e. The monoisotopic (exact) mass is 376 g/mol. The Balaban J connectivity index is 2.60. The summed E-state index contributed by atoms with van der Waals surface area (Å²) in [6.45, 7) is 10.3. The molecule has 0 bridgehead atoms. The van der Waals surface area contributed by atoms with Crippen molar-refractivity contribution in [3.8, 4) is 0 Å². The van der Waals surface area contributed by atoms with Crippen LogP contribution < -0.4 is 0 Å². The summed E-state index contributed by atoms with van der Waals surface area (Å²) in [4.78, 5) is 24.7. The van der Waals surface area contributed by atoms with Crippen molar-refractivity contribution in [3.05, 3.63) is 45.8 Å². The van der Waals surface area contributed by atoms with Crippen LogP contribution in [0.5, 0.6) is 0 Å². The van der Waals surface area contributed by atoms with Gasteiger partial charge in [-0.3, -0.25) is 9.59 Å². The molecule has 150 valence electrons. The average molecular weight is 377 g/mol. The fraction of sp³-hybridized carbons (Fsp3) is 0.565. The zero-order chi connectivity index (χ0) is 20.8. The highest BCUT2D eigenvalue weighted by atomic mass is 19.1.